The highest BCUT2D eigenvalue weighted by atomic mass is 32.1. The second-order valence-corrected chi connectivity index (χ2v) is 45.2. The number of anilines is 3. The first-order valence-electron chi connectivity index (χ1n) is 41.5. The van der Waals surface area contributed by atoms with Gasteiger partial charge in [-0.25, -0.2) is 14.4 Å². The zero-order valence-corrected chi connectivity index (χ0v) is 74.3. The Bertz CT molecular complexity index is 4070. The lowest BCUT2D eigenvalue weighted by molar-refractivity contribution is -0.125. The zero-order valence-electron chi connectivity index (χ0n) is 70.0. The number of nitrogens with zero attached hydrogens (tertiary/aromatic N) is 3. The molecular weight excluding hydrogens is 1530 g/mol. The van der Waals surface area contributed by atoms with Gasteiger partial charge in [0.05, 0.1) is 38.8 Å². The van der Waals surface area contributed by atoms with Crippen molar-refractivity contribution in [3.05, 3.63) is 47.5 Å². The number of rotatable bonds is 16. The van der Waals surface area contributed by atoms with Crippen molar-refractivity contribution >= 4 is 113 Å². The lowest BCUT2D eigenvalue weighted by Gasteiger charge is -2.41. The number of thiophene rings is 3. The van der Waals surface area contributed by atoms with E-state index >= 15 is 0 Å². The number of ether oxygens (including phenoxy) is 1. The largest absolute Gasteiger partial charge is 0.477 e. The van der Waals surface area contributed by atoms with Crippen molar-refractivity contribution in [2.75, 3.05) is 60.7 Å². The van der Waals surface area contributed by atoms with E-state index in [0.717, 1.165) is 146 Å². The molecule has 2 aliphatic heterocycles. The molecule has 6 aliphatic carbocycles. The summed E-state index contributed by atoms with van der Waals surface area (Å²) in [6, 6.07) is 6.29. The standard InChI is InChI=1S/C31H47N2O5PS.C26H35NO4S.C25H36N2O3S.C6H11O3P/c1-21-6-8-22(9-7-21)29(34)33(27-20-26(14-17-31(2,3)4)40-28(27)30(35)36)25-12-10-23(11-13-25)32-24-15-18-39(37,38-5)19-16-24;1-17-6-8-18(9-7-17)24(29)27(19-10-12-20(28)13-11-19)22-16-21(14-15-26(2,3)4)32-23(22)25(30)31-5;1-16-5-7-17(8-6-16)23(28)27(19-11-9-18(26)10-12-19)21-15-20(13-14-25(2,3)4)31-22(21)24(29)30;1-9-10(8)4-2-6(7)3-5-10/h20-25,32H,6-13,15-16,18-19H2,1-5H3,(H,35,36);16-19H,6-13H2,1-5H3;15-19H,5-12,26H2,1-4H3,(H,29,30);2-5H2,1H3. The highest BCUT2D eigenvalue weighted by Crippen LogP contribution is 2.52. The summed E-state index contributed by atoms with van der Waals surface area (Å²) in [4.78, 5) is 110. The molecule has 2 saturated heterocycles. The molecule has 6 saturated carbocycles. The van der Waals surface area contributed by atoms with Crippen molar-refractivity contribution in [2.45, 2.75) is 299 Å². The first-order valence-corrected chi connectivity index (χ1v) is 48.0. The molecule has 3 aromatic rings. The molecule has 8 fully saturated rings. The molecule has 0 atom stereocenters. The minimum Gasteiger partial charge on any atom is -0.477 e. The Balaban J connectivity index is 0.000000201. The first kappa shape index (κ1) is 92.7. The van der Waals surface area contributed by atoms with E-state index in [9.17, 15) is 57.7 Å². The summed E-state index contributed by atoms with van der Waals surface area (Å²) in [6.45, 7) is 25.0. The Morgan fingerprint density at radius 3 is 1.06 bits per heavy atom. The van der Waals surface area contributed by atoms with Crippen LogP contribution in [0.3, 0.4) is 0 Å². The fourth-order valence-electron chi connectivity index (χ4n) is 16.5. The normalized spacial score (nSPS) is 26.8. The minimum absolute atomic E-state index is 0.00257. The quantitative estimate of drug-likeness (QED) is 0.0589. The highest BCUT2D eigenvalue weighted by Gasteiger charge is 2.43. The van der Waals surface area contributed by atoms with E-state index in [4.69, 9.17) is 19.5 Å². The number of amides is 3. The van der Waals surface area contributed by atoms with E-state index in [-0.39, 0.29) is 97.2 Å². The number of carboxylic acids is 2. The van der Waals surface area contributed by atoms with Crippen LogP contribution in [0.15, 0.2) is 18.2 Å². The number of hydrogen-bond donors (Lipinski definition) is 4. The van der Waals surface area contributed by atoms with Crippen LogP contribution in [0.1, 0.15) is 307 Å². The topological polar surface area (TPSA) is 287 Å². The van der Waals surface area contributed by atoms with Crippen LogP contribution in [0.2, 0.25) is 0 Å². The number of carbonyl (C=O) groups excluding carboxylic acids is 6. The number of nitrogens with two attached hydrogens (primary N) is 1. The summed E-state index contributed by atoms with van der Waals surface area (Å²) in [5.41, 5.74) is 7.22. The molecule has 8 aliphatic rings. The monoisotopic (exact) mass is 1650 g/mol. The Morgan fingerprint density at radius 1 is 0.434 bits per heavy atom. The van der Waals surface area contributed by atoms with E-state index in [1.807, 2.05) is 95.2 Å². The zero-order chi connectivity index (χ0) is 82.9. The maximum absolute atomic E-state index is 14.1. The first-order chi connectivity index (χ1) is 53.2. The van der Waals surface area contributed by atoms with Crippen LogP contribution < -0.4 is 25.8 Å². The number of esters is 1. The van der Waals surface area contributed by atoms with E-state index < -0.39 is 32.6 Å². The molecule has 0 bridgehead atoms. The van der Waals surface area contributed by atoms with Gasteiger partial charge in [-0.15, -0.1) is 34.0 Å². The van der Waals surface area contributed by atoms with Crippen molar-refractivity contribution in [2.24, 2.45) is 57.5 Å². The molecule has 5 N–H and O–H groups in total. The number of Topliss-reactive ketones (excluding diaryl/α,β-unsaturated/α-hetero) is 2. The lowest BCUT2D eigenvalue weighted by Crippen LogP contribution is -2.50. The van der Waals surface area contributed by atoms with Crippen molar-refractivity contribution in [1.82, 2.24) is 5.32 Å². The molecule has 113 heavy (non-hydrogen) atoms. The van der Waals surface area contributed by atoms with Crippen LogP contribution in [-0.2, 0) is 46.9 Å². The number of ketones is 2. The molecule has 624 valence electrons. The van der Waals surface area contributed by atoms with Gasteiger partial charge in [-0.2, -0.15) is 0 Å². The predicted molar refractivity (Wildman–Crippen MR) is 456 cm³/mol. The average Bonchev–Trinajstić information content (AvgIpc) is 1.70. The number of carboxylic acid groups (broad SMARTS) is 2. The number of nitrogens with one attached hydrogen (secondary N) is 1. The van der Waals surface area contributed by atoms with Gasteiger partial charge in [-0.3, -0.25) is 33.1 Å². The second kappa shape index (κ2) is 41.6. The smallest absolute Gasteiger partial charge is 0.350 e. The molecule has 3 aromatic heterocycles. The summed E-state index contributed by atoms with van der Waals surface area (Å²) in [5, 5.41) is 23.9. The summed E-state index contributed by atoms with van der Waals surface area (Å²) in [5.74, 6) is 19.2. The lowest BCUT2D eigenvalue weighted by atomic mass is 9.81. The van der Waals surface area contributed by atoms with Gasteiger partial charge in [0.25, 0.3) is 0 Å². The number of hydrogen-bond acceptors (Lipinski definition) is 18. The van der Waals surface area contributed by atoms with Crippen LogP contribution in [0.4, 0.5) is 17.1 Å². The fraction of sp³-hybridized carbons (Fsp3) is 0.705. The van der Waals surface area contributed by atoms with E-state index in [1.54, 1.807) is 7.11 Å². The van der Waals surface area contributed by atoms with Gasteiger partial charge in [0.15, 0.2) is 0 Å². The number of carbonyl (C=O) groups is 8. The molecule has 0 spiro atoms. The van der Waals surface area contributed by atoms with Crippen LogP contribution in [-0.4, -0.2) is 140 Å². The maximum Gasteiger partial charge on any atom is 0.350 e. The average molecular weight is 1660 g/mol. The molecule has 20 nitrogen and oxygen atoms in total. The third kappa shape index (κ3) is 27.7. The summed E-state index contributed by atoms with van der Waals surface area (Å²) < 4.78 is 39.1. The van der Waals surface area contributed by atoms with Gasteiger partial charge in [0, 0.05) is 135 Å². The van der Waals surface area contributed by atoms with Crippen LogP contribution >= 0.6 is 48.7 Å². The van der Waals surface area contributed by atoms with Gasteiger partial charge in [0.1, 0.15) is 26.2 Å². The molecule has 11 rings (SSSR count). The van der Waals surface area contributed by atoms with E-state index in [1.165, 1.54) is 48.2 Å². The van der Waals surface area contributed by atoms with Gasteiger partial charge in [0.2, 0.25) is 32.5 Å². The number of methoxy groups -OCH3 is 1. The van der Waals surface area contributed by atoms with Crippen molar-refractivity contribution in [3.8, 4) is 35.5 Å². The van der Waals surface area contributed by atoms with Crippen molar-refractivity contribution in [1.29, 1.82) is 0 Å². The molecule has 0 aromatic carbocycles. The molecule has 0 radical (unpaired) electrons. The van der Waals surface area contributed by atoms with Crippen molar-refractivity contribution < 1.29 is 71.5 Å². The Kier molecular flexibility index (Phi) is 34.1. The van der Waals surface area contributed by atoms with Gasteiger partial charge in [-0.05, 0) is 252 Å². The van der Waals surface area contributed by atoms with Crippen molar-refractivity contribution in [3.63, 3.8) is 0 Å². The predicted octanol–water partition coefficient (Wildman–Crippen LogP) is 19.1. The van der Waals surface area contributed by atoms with Gasteiger partial charge >= 0.3 is 17.9 Å². The maximum atomic E-state index is 14.1. The fourth-order valence-corrected chi connectivity index (χ4v) is 22.8. The Hall–Kier alpha value is -5.76. The third-order valence-electron chi connectivity index (χ3n) is 23.4. The summed E-state index contributed by atoms with van der Waals surface area (Å²) in [7, 11) is -0.418. The second-order valence-electron chi connectivity index (χ2n) is 36.3. The van der Waals surface area contributed by atoms with Crippen LogP contribution in [0.25, 0.3) is 0 Å². The minimum atomic E-state index is -2.44. The van der Waals surface area contributed by atoms with Gasteiger partial charge in [-0.1, -0.05) is 56.3 Å². The molecular formula is C88H129N5O15P2S3. The molecule has 3 amide bonds. The summed E-state index contributed by atoms with van der Waals surface area (Å²) in [6.07, 6.45) is 25.3. The van der Waals surface area contributed by atoms with Crippen LogP contribution in [0, 0.1) is 87.3 Å². The summed E-state index contributed by atoms with van der Waals surface area (Å²) >= 11 is 3.63. The third-order valence-corrected chi connectivity index (χ3v) is 31.5. The van der Waals surface area contributed by atoms with E-state index in [0.29, 0.717) is 125 Å². The molecule has 0 unspecified atom stereocenters. The Morgan fingerprint density at radius 2 is 0.735 bits per heavy atom. The SMILES string of the molecule is CC1CCC(C(=O)N(c2cc(C#CC(C)(C)C)sc2C(=O)O)C2CCC(N)CC2)CC1.COC(=O)c1sc(C#CC(C)(C)C)cc1N(C(=O)C1CCC(C)CC1)C1CCC(=O)CC1.COP1(=O)CCC(=O)CC1.COP1(=O)CCC(NC2CCC(N(C(=O)C3CCC(C)CC3)c3cc(C#CC(C)(C)C)sc3C(=O)O)CC2)CC1. The molecule has 5 heterocycles. The molecule has 25 heteroatoms. The van der Waals surface area contributed by atoms with Gasteiger partial charge < -0.3 is 49.7 Å². The highest BCUT2D eigenvalue weighted by molar-refractivity contribution is 7.59. The number of aromatic carboxylic acids is 2. The van der Waals surface area contributed by atoms with E-state index in [2.05, 4.69) is 61.6 Å². The van der Waals surface area contributed by atoms with Crippen LogP contribution in [0.5, 0.6) is 0 Å². The Labute approximate surface area is 685 Å².